The zero-order chi connectivity index (χ0) is 12.3. The lowest BCUT2D eigenvalue weighted by Gasteiger charge is -2.18. The molecule has 0 spiro atoms. The number of rotatable bonds is 3. The fourth-order valence-corrected chi connectivity index (χ4v) is 0.983. The first-order valence-electron chi connectivity index (χ1n) is 5.09. The van der Waals surface area contributed by atoms with E-state index < -0.39 is 11.6 Å². The van der Waals surface area contributed by atoms with Crippen LogP contribution in [0.25, 0.3) is 0 Å². The first kappa shape index (κ1) is 13.0. The van der Waals surface area contributed by atoms with Gasteiger partial charge in [-0.2, -0.15) is 0 Å². The van der Waals surface area contributed by atoms with E-state index in [1.54, 1.807) is 20.8 Å². The molecule has 1 rings (SSSR count). The maximum Gasteiger partial charge on any atom is 0.353 e. The van der Waals surface area contributed by atoms with Crippen molar-refractivity contribution in [1.82, 2.24) is 0 Å². The van der Waals surface area contributed by atoms with E-state index in [1.165, 1.54) is 0 Å². The topological polar surface area (TPSA) is 52.6 Å². The molecule has 90 valence electrons. The van der Waals surface area contributed by atoms with Gasteiger partial charge in [0.15, 0.2) is 5.03 Å². The summed E-state index contributed by atoms with van der Waals surface area (Å²) in [7, 11) is 0. The monoisotopic (exact) mass is 246 g/mol. The van der Waals surface area contributed by atoms with Gasteiger partial charge in [0.1, 0.15) is 11.9 Å². The number of hydrogen-bond acceptors (Lipinski definition) is 4. The average molecular weight is 247 g/mol. The Bertz CT molecular complexity index is 323. The number of hydrogen-bond donors (Lipinski definition) is 0. The normalized spacial score (nSPS) is 16.9. The second kappa shape index (κ2) is 4.87. The maximum atomic E-state index is 11.3. The van der Waals surface area contributed by atoms with Crippen molar-refractivity contribution in [2.75, 3.05) is 0 Å². The van der Waals surface area contributed by atoms with E-state index in [0.29, 0.717) is 0 Å². The van der Waals surface area contributed by atoms with Crippen LogP contribution in [-0.4, -0.2) is 17.5 Å². The number of carbonyl (C=O) groups is 2. The molecule has 0 aromatic rings. The van der Waals surface area contributed by atoms with Crippen molar-refractivity contribution in [2.24, 2.45) is 5.92 Å². The predicted octanol–water partition coefficient (Wildman–Crippen LogP) is 2.36. The zero-order valence-electron chi connectivity index (χ0n) is 9.58. The Morgan fingerprint density at radius 2 is 1.88 bits per heavy atom. The zero-order valence-corrected chi connectivity index (χ0v) is 10.3. The summed E-state index contributed by atoms with van der Waals surface area (Å²) in [5.74, 6) is -1.07. The molecule has 1 aliphatic carbocycles. The molecule has 1 fully saturated rings. The van der Waals surface area contributed by atoms with Crippen molar-refractivity contribution in [3.63, 3.8) is 0 Å². The molecule has 5 heteroatoms. The van der Waals surface area contributed by atoms with Gasteiger partial charge in [-0.1, -0.05) is 11.6 Å². The number of ether oxygens (including phenoxy) is 2. The minimum atomic E-state index is -0.697. The lowest BCUT2D eigenvalue weighted by atomic mass is 10.2. The van der Waals surface area contributed by atoms with Crippen LogP contribution in [0.1, 0.15) is 33.6 Å². The Kier molecular flexibility index (Phi) is 3.97. The number of halogens is 1. The summed E-state index contributed by atoms with van der Waals surface area (Å²) in [4.78, 5) is 22.5. The summed E-state index contributed by atoms with van der Waals surface area (Å²) in [6, 6.07) is 0. The van der Waals surface area contributed by atoms with Crippen molar-refractivity contribution in [3.8, 4) is 0 Å². The molecule has 0 N–H and O–H groups in total. The smallest absolute Gasteiger partial charge is 0.353 e. The highest BCUT2D eigenvalue weighted by Crippen LogP contribution is 2.30. The van der Waals surface area contributed by atoms with Crippen LogP contribution < -0.4 is 0 Å². The largest absolute Gasteiger partial charge is 0.456 e. The van der Waals surface area contributed by atoms with E-state index >= 15 is 0 Å². The third-order valence-electron chi connectivity index (χ3n) is 1.78. The molecule has 0 aromatic heterocycles. The molecule has 0 aliphatic heterocycles. The SMILES string of the molecule is CC(C)(C)OC(=O)C(Cl)=COC(=O)C1CC1. The molecule has 0 bridgehead atoms. The number of esters is 2. The molecule has 0 atom stereocenters. The second-order valence-electron chi connectivity index (χ2n) is 4.68. The fourth-order valence-electron chi connectivity index (χ4n) is 0.900. The Morgan fingerprint density at radius 3 is 2.31 bits per heavy atom. The van der Waals surface area contributed by atoms with Gasteiger partial charge >= 0.3 is 11.9 Å². The van der Waals surface area contributed by atoms with Crippen molar-refractivity contribution < 1.29 is 19.1 Å². The first-order valence-corrected chi connectivity index (χ1v) is 5.47. The molecule has 1 aliphatic rings. The van der Waals surface area contributed by atoms with Crippen LogP contribution in [-0.2, 0) is 19.1 Å². The van der Waals surface area contributed by atoms with Crippen molar-refractivity contribution in [1.29, 1.82) is 0 Å². The van der Waals surface area contributed by atoms with Gasteiger partial charge in [0.05, 0.1) is 5.92 Å². The third-order valence-corrected chi connectivity index (χ3v) is 2.03. The molecule has 0 heterocycles. The first-order chi connectivity index (χ1) is 7.29. The van der Waals surface area contributed by atoms with Gasteiger partial charge in [0.25, 0.3) is 0 Å². The maximum absolute atomic E-state index is 11.3. The standard InChI is InChI=1S/C11H15ClO4/c1-11(2,3)16-10(14)8(12)6-15-9(13)7-4-5-7/h6-7H,4-5H2,1-3H3. The van der Waals surface area contributed by atoms with E-state index in [1.807, 2.05) is 0 Å². The summed E-state index contributed by atoms with van der Waals surface area (Å²) in [5.41, 5.74) is -0.619. The molecular weight excluding hydrogens is 232 g/mol. The molecule has 0 unspecified atom stereocenters. The van der Waals surface area contributed by atoms with E-state index in [2.05, 4.69) is 0 Å². The van der Waals surface area contributed by atoms with Crippen LogP contribution in [0.2, 0.25) is 0 Å². The molecule has 16 heavy (non-hydrogen) atoms. The Morgan fingerprint density at radius 1 is 1.31 bits per heavy atom. The van der Waals surface area contributed by atoms with Crippen LogP contribution in [0.5, 0.6) is 0 Å². The Balaban J connectivity index is 2.42. The minimum Gasteiger partial charge on any atom is -0.456 e. The number of carbonyl (C=O) groups excluding carboxylic acids is 2. The molecule has 0 saturated heterocycles. The van der Waals surface area contributed by atoms with Gasteiger partial charge in [-0.05, 0) is 33.6 Å². The van der Waals surface area contributed by atoms with E-state index in [-0.39, 0.29) is 16.9 Å². The van der Waals surface area contributed by atoms with Crippen LogP contribution in [0.4, 0.5) is 0 Å². The van der Waals surface area contributed by atoms with Crippen molar-refractivity contribution in [3.05, 3.63) is 11.3 Å². The van der Waals surface area contributed by atoms with Gasteiger partial charge in [0, 0.05) is 0 Å². The highest BCUT2D eigenvalue weighted by atomic mass is 35.5. The van der Waals surface area contributed by atoms with E-state index in [4.69, 9.17) is 21.1 Å². The van der Waals surface area contributed by atoms with Gasteiger partial charge < -0.3 is 9.47 Å². The second-order valence-corrected chi connectivity index (χ2v) is 5.09. The molecular formula is C11H15ClO4. The van der Waals surface area contributed by atoms with Crippen LogP contribution >= 0.6 is 11.6 Å². The third kappa shape index (κ3) is 4.66. The average Bonchev–Trinajstić information content (AvgIpc) is 2.93. The molecule has 0 amide bonds. The fraction of sp³-hybridized carbons (Fsp3) is 0.636. The highest BCUT2D eigenvalue weighted by molar-refractivity contribution is 6.41. The quantitative estimate of drug-likeness (QED) is 0.436. The predicted molar refractivity (Wildman–Crippen MR) is 58.6 cm³/mol. The molecule has 0 aromatic carbocycles. The summed E-state index contributed by atoms with van der Waals surface area (Å²) in [6.07, 6.45) is 2.63. The summed E-state index contributed by atoms with van der Waals surface area (Å²) < 4.78 is 9.71. The van der Waals surface area contributed by atoms with Crippen LogP contribution in [0.15, 0.2) is 11.3 Å². The van der Waals surface area contributed by atoms with Gasteiger partial charge in [-0.3, -0.25) is 4.79 Å². The lowest BCUT2D eigenvalue weighted by molar-refractivity contribution is -0.149. The summed E-state index contributed by atoms with van der Waals surface area (Å²) >= 11 is 5.62. The van der Waals surface area contributed by atoms with E-state index in [0.717, 1.165) is 19.1 Å². The van der Waals surface area contributed by atoms with Gasteiger partial charge in [0.2, 0.25) is 0 Å². The highest BCUT2D eigenvalue weighted by Gasteiger charge is 2.31. The van der Waals surface area contributed by atoms with E-state index in [9.17, 15) is 9.59 Å². The van der Waals surface area contributed by atoms with Crippen LogP contribution in [0, 0.1) is 5.92 Å². The Labute approximate surface area is 99.5 Å². The molecule has 4 nitrogen and oxygen atoms in total. The lowest BCUT2D eigenvalue weighted by Crippen LogP contribution is -2.24. The minimum absolute atomic E-state index is 0.0284. The Hall–Kier alpha value is -1.03. The van der Waals surface area contributed by atoms with Gasteiger partial charge in [-0.25, -0.2) is 4.79 Å². The summed E-state index contributed by atoms with van der Waals surface area (Å²) in [6.45, 7) is 5.18. The summed E-state index contributed by atoms with van der Waals surface area (Å²) in [5, 5.41) is -0.232. The van der Waals surface area contributed by atoms with Crippen molar-refractivity contribution in [2.45, 2.75) is 39.2 Å². The molecule has 1 saturated carbocycles. The van der Waals surface area contributed by atoms with Crippen LogP contribution in [0.3, 0.4) is 0 Å². The van der Waals surface area contributed by atoms with Crippen molar-refractivity contribution >= 4 is 23.5 Å². The van der Waals surface area contributed by atoms with Gasteiger partial charge in [-0.15, -0.1) is 0 Å². The molecule has 0 radical (unpaired) electrons.